The predicted molar refractivity (Wildman–Crippen MR) is 75.1 cm³/mol. The first-order chi connectivity index (χ1) is 9.02. The summed E-state index contributed by atoms with van der Waals surface area (Å²) in [7, 11) is 0. The number of rotatable bonds is 4. The van der Waals surface area contributed by atoms with E-state index in [4.69, 9.17) is 22.7 Å². The van der Waals surface area contributed by atoms with Gasteiger partial charge in [-0.15, -0.1) is 5.10 Å². The summed E-state index contributed by atoms with van der Waals surface area (Å²) in [5.74, 6) is -0.0383. The highest BCUT2D eigenvalue weighted by atomic mass is 35.5. The fraction of sp³-hybridized carbons (Fsp3) is 0.182. The van der Waals surface area contributed by atoms with Crippen LogP contribution in [0.5, 0.6) is 0 Å². The topological polar surface area (TPSA) is 101 Å². The molecule has 0 saturated carbocycles. The zero-order valence-electron chi connectivity index (χ0n) is 10.1. The molecular formula is C11H12ClN5OS. The lowest BCUT2D eigenvalue weighted by Crippen LogP contribution is -2.16. The molecule has 0 fully saturated rings. The van der Waals surface area contributed by atoms with Crippen LogP contribution in [0.25, 0.3) is 0 Å². The number of benzene rings is 1. The Morgan fingerprint density at radius 1 is 1.63 bits per heavy atom. The maximum Gasteiger partial charge on any atom is 0.343 e. The highest BCUT2D eigenvalue weighted by Crippen LogP contribution is 2.32. The molecule has 19 heavy (non-hydrogen) atoms. The van der Waals surface area contributed by atoms with Crippen LogP contribution >= 0.6 is 23.4 Å². The average Bonchev–Trinajstić information content (AvgIpc) is 2.72. The summed E-state index contributed by atoms with van der Waals surface area (Å²) in [6, 6.07) is 5.08. The number of aromatic amines is 1. The maximum atomic E-state index is 11.4. The highest BCUT2D eigenvalue weighted by Gasteiger charge is 2.11. The van der Waals surface area contributed by atoms with Gasteiger partial charge in [0.25, 0.3) is 0 Å². The standard InChI is InChI=1S/C11H12ClN5OS/c1-2-17-10(18)15-16-11(17)19-8-4-3-6(9(13)14)5-7(8)12/h3-5H,2H2,1H3,(H3,13,14)(H,15,18). The van der Waals surface area contributed by atoms with Gasteiger partial charge in [-0.2, -0.15) is 0 Å². The lowest BCUT2D eigenvalue weighted by molar-refractivity contribution is 0.660. The molecule has 0 spiro atoms. The van der Waals surface area contributed by atoms with Crippen molar-refractivity contribution < 1.29 is 0 Å². The van der Waals surface area contributed by atoms with Crippen molar-refractivity contribution in [3.05, 3.63) is 39.3 Å². The van der Waals surface area contributed by atoms with E-state index in [1.165, 1.54) is 16.3 Å². The molecule has 0 unspecified atom stereocenters. The lowest BCUT2D eigenvalue weighted by atomic mass is 10.2. The predicted octanol–water partition coefficient (Wildman–Crippen LogP) is 1.68. The van der Waals surface area contributed by atoms with Crippen molar-refractivity contribution >= 4 is 29.2 Å². The van der Waals surface area contributed by atoms with Crippen LogP contribution in [0.3, 0.4) is 0 Å². The summed E-state index contributed by atoms with van der Waals surface area (Å²) in [4.78, 5) is 12.2. The van der Waals surface area contributed by atoms with Crippen LogP contribution < -0.4 is 11.4 Å². The zero-order chi connectivity index (χ0) is 14.0. The maximum absolute atomic E-state index is 11.4. The molecule has 0 radical (unpaired) electrons. The Hall–Kier alpha value is -1.73. The zero-order valence-corrected chi connectivity index (χ0v) is 11.7. The largest absolute Gasteiger partial charge is 0.384 e. The van der Waals surface area contributed by atoms with Gasteiger partial charge in [0.2, 0.25) is 0 Å². The average molecular weight is 298 g/mol. The number of aromatic nitrogens is 3. The van der Waals surface area contributed by atoms with Gasteiger partial charge in [-0.05, 0) is 30.8 Å². The monoisotopic (exact) mass is 297 g/mol. The summed E-state index contributed by atoms with van der Waals surface area (Å²) >= 11 is 7.41. The van der Waals surface area contributed by atoms with Crippen LogP contribution in [0.4, 0.5) is 0 Å². The number of nitrogens with zero attached hydrogens (tertiary/aromatic N) is 2. The van der Waals surface area contributed by atoms with Crippen molar-refractivity contribution in [3.63, 3.8) is 0 Å². The first-order valence-electron chi connectivity index (χ1n) is 5.50. The highest BCUT2D eigenvalue weighted by molar-refractivity contribution is 7.99. The molecule has 0 aliphatic carbocycles. The van der Waals surface area contributed by atoms with E-state index in [1.54, 1.807) is 18.2 Å². The Morgan fingerprint density at radius 2 is 2.37 bits per heavy atom. The number of amidine groups is 1. The number of nitrogens with two attached hydrogens (primary N) is 1. The molecule has 0 saturated heterocycles. The molecule has 0 amide bonds. The van der Waals surface area contributed by atoms with Crippen molar-refractivity contribution in [2.75, 3.05) is 0 Å². The SMILES string of the molecule is CCn1c(Sc2ccc(C(=N)N)cc2Cl)n[nH]c1=O. The first kappa shape index (κ1) is 13.7. The fourth-order valence-electron chi connectivity index (χ4n) is 1.51. The van der Waals surface area contributed by atoms with Gasteiger partial charge in [0.1, 0.15) is 5.84 Å². The first-order valence-corrected chi connectivity index (χ1v) is 6.69. The minimum Gasteiger partial charge on any atom is -0.384 e. The molecule has 0 aliphatic heterocycles. The molecule has 0 aliphatic rings. The van der Waals surface area contributed by atoms with Gasteiger partial charge in [-0.25, -0.2) is 9.89 Å². The smallest absolute Gasteiger partial charge is 0.343 e. The van der Waals surface area contributed by atoms with Crippen molar-refractivity contribution in [3.8, 4) is 0 Å². The molecule has 100 valence electrons. The van der Waals surface area contributed by atoms with E-state index in [-0.39, 0.29) is 11.5 Å². The Bertz CT molecular complexity index is 678. The molecule has 1 aromatic heterocycles. The van der Waals surface area contributed by atoms with E-state index >= 15 is 0 Å². The van der Waals surface area contributed by atoms with Gasteiger partial charge < -0.3 is 5.73 Å². The number of nitrogens with one attached hydrogen (secondary N) is 2. The fourth-order valence-corrected chi connectivity index (χ4v) is 2.71. The third-order valence-electron chi connectivity index (χ3n) is 2.48. The second-order valence-electron chi connectivity index (χ2n) is 3.72. The molecule has 1 aromatic carbocycles. The molecule has 4 N–H and O–H groups in total. The quantitative estimate of drug-likeness (QED) is 0.590. The number of H-pyrrole nitrogens is 1. The molecule has 0 bridgehead atoms. The van der Waals surface area contributed by atoms with Gasteiger partial charge in [-0.1, -0.05) is 17.7 Å². The van der Waals surface area contributed by atoms with Crippen LogP contribution in [0, 0.1) is 5.41 Å². The molecular weight excluding hydrogens is 286 g/mol. The summed E-state index contributed by atoms with van der Waals surface area (Å²) in [6.45, 7) is 2.39. The minimum atomic E-state index is -0.249. The Labute approximate surface area is 118 Å². The van der Waals surface area contributed by atoms with Gasteiger partial charge in [0.15, 0.2) is 5.16 Å². The van der Waals surface area contributed by atoms with Gasteiger partial charge >= 0.3 is 5.69 Å². The van der Waals surface area contributed by atoms with Crippen LogP contribution in [-0.4, -0.2) is 20.6 Å². The number of hydrogen-bond donors (Lipinski definition) is 3. The Morgan fingerprint density at radius 3 is 2.95 bits per heavy atom. The van der Waals surface area contributed by atoms with Crippen LogP contribution in [0.2, 0.25) is 5.02 Å². The van der Waals surface area contributed by atoms with Crippen LogP contribution in [0.15, 0.2) is 33.0 Å². The Balaban J connectivity index is 2.33. The third kappa shape index (κ3) is 2.82. The van der Waals surface area contributed by atoms with Gasteiger partial charge in [-0.3, -0.25) is 9.98 Å². The van der Waals surface area contributed by atoms with E-state index < -0.39 is 0 Å². The van der Waals surface area contributed by atoms with E-state index in [0.29, 0.717) is 22.3 Å². The second-order valence-corrected chi connectivity index (χ2v) is 5.13. The molecule has 2 aromatic rings. The molecule has 6 nitrogen and oxygen atoms in total. The minimum absolute atomic E-state index is 0.0383. The van der Waals surface area contributed by atoms with E-state index in [2.05, 4.69) is 10.2 Å². The molecule has 2 rings (SSSR count). The van der Waals surface area contributed by atoms with Crippen LogP contribution in [0.1, 0.15) is 12.5 Å². The van der Waals surface area contributed by atoms with Gasteiger partial charge in [0, 0.05) is 17.0 Å². The lowest BCUT2D eigenvalue weighted by Gasteiger charge is -2.06. The van der Waals surface area contributed by atoms with Crippen molar-refractivity contribution in [1.82, 2.24) is 14.8 Å². The van der Waals surface area contributed by atoms with Crippen molar-refractivity contribution in [2.45, 2.75) is 23.5 Å². The molecule has 1 heterocycles. The number of hydrogen-bond acceptors (Lipinski definition) is 4. The third-order valence-corrected chi connectivity index (χ3v) is 3.98. The molecule has 8 heteroatoms. The number of halogens is 1. The van der Waals surface area contributed by atoms with Crippen molar-refractivity contribution in [1.29, 1.82) is 5.41 Å². The van der Waals surface area contributed by atoms with Crippen LogP contribution in [-0.2, 0) is 6.54 Å². The van der Waals surface area contributed by atoms with Crippen molar-refractivity contribution in [2.24, 2.45) is 5.73 Å². The summed E-state index contributed by atoms with van der Waals surface area (Å²) in [5.41, 5.74) is 5.70. The van der Waals surface area contributed by atoms with E-state index in [9.17, 15) is 4.79 Å². The summed E-state index contributed by atoms with van der Waals surface area (Å²) in [6.07, 6.45) is 0. The second kappa shape index (κ2) is 5.50. The number of nitrogen functional groups attached to an aromatic ring is 1. The molecule has 0 atom stereocenters. The summed E-state index contributed by atoms with van der Waals surface area (Å²) in [5, 5.41) is 14.7. The van der Waals surface area contributed by atoms with Gasteiger partial charge in [0.05, 0.1) is 5.02 Å². The van der Waals surface area contributed by atoms with E-state index in [1.807, 2.05) is 6.92 Å². The summed E-state index contributed by atoms with van der Waals surface area (Å²) < 4.78 is 1.51. The van der Waals surface area contributed by atoms with E-state index in [0.717, 1.165) is 4.90 Å². The Kier molecular flexibility index (Phi) is 3.96. The normalized spacial score (nSPS) is 10.6.